The first-order chi connectivity index (χ1) is 10.2. The van der Waals surface area contributed by atoms with E-state index >= 15 is 0 Å². The van der Waals surface area contributed by atoms with E-state index in [0.717, 1.165) is 22.1 Å². The Hall–Kier alpha value is -2.00. The van der Waals surface area contributed by atoms with Crippen LogP contribution in [0.3, 0.4) is 0 Å². The molecular weight excluding hydrogens is 283 g/mol. The Morgan fingerprint density at radius 1 is 1.05 bits per heavy atom. The van der Waals surface area contributed by atoms with Gasteiger partial charge < -0.3 is 0 Å². The standard InChI is InChI=1S/C18H15FOS/c1-2-12-3-5-13(6-4-12)9-16(20)18-11-14-10-15(19)7-8-17(14)21-18/h3-8,10-11H,2,9H2,1H3. The van der Waals surface area contributed by atoms with Crippen LogP contribution in [0.15, 0.2) is 48.5 Å². The maximum Gasteiger partial charge on any atom is 0.177 e. The molecule has 1 aromatic heterocycles. The molecule has 0 radical (unpaired) electrons. The fraction of sp³-hybridized carbons (Fsp3) is 0.167. The third-order valence-electron chi connectivity index (χ3n) is 3.55. The number of benzene rings is 2. The lowest BCUT2D eigenvalue weighted by Gasteiger charge is -2.01. The highest BCUT2D eigenvalue weighted by molar-refractivity contribution is 7.20. The molecule has 0 bridgehead atoms. The van der Waals surface area contributed by atoms with Crippen molar-refractivity contribution >= 4 is 27.2 Å². The van der Waals surface area contributed by atoms with Crippen LogP contribution in [0, 0.1) is 5.82 Å². The van der Waals surface area contributed by atoms with Gasteiger partial charge in [-0.25, -0.2) is 4.39 Å². The molecule has 3 heteroatoms. The summed E-state index contributed by atoms with van der Waals surface area (Å²) in [7, 11) is 0. The van der Waals surface area contributed by atoms with Gasteiger partial charge in [-0.1, -0.05) is 31.2 Å². The highest BCUT2D eigenvalue weighted by Gasteiger charge is 2.11. The predicted molar refractivity (Wildman–Crippen MR) is 85.6 cm³/mol. The van der Waals surface area contributed by atoms with E-state index < -0.39 is 0 Å². The molecular formula is C18H15FOS. The molecule has 0 saturated carbocycles. The molecule has 0 aliphatic rings. The van der Waals surface area contributed by atoms with Gasteiger partial charge in [0.1, 0.15) is 5.82 Å². The van der Waals surface area contributed by atoms with E-state index in [1.165, 1.54) is 29.0 Å². The zero-order valence-corrected chi connectivity index (χ0v) is 12.5. The Balaban J connectivity index is 1.82. The van der Waals surface area contributed by atoms with Gasteiger partial charge in [0.25, 0.3) is 0 Å². The zero-order valence-electron chi connectivity index (χ0n) is 11.7. The van der Waals surface area contributed by atoms with Crippen LogP contribution in [0.5, 0.6) is 0 Å². The molecule has 1 nitrogen and oxygen atoms in total. The second kappa shape index (κ2) is 5.78. The normalized spacial score (nSPS) is 11.0. The second-order valence-corrected chi connectivity index (χ2v) is 6.15. The monoisotopic (exact) mass is 298 g/mol. The number of halogens is 1. The predicted octanol–water partition coefficient (Wildman–Crippen LogP) is 5.03. The van der Waals surface area contributed by atoms with Gasteiger partial charge in [-0.05, 0) is 47.2 Å². The van der Waals surface area contributed by atoms with E-state index in [4.69, 9.17) is 0 Å². The van der Waals surface area contributed by atoms with Crippen LogP contribution in [0.4, 0.5) is 4.39 Å². The molecule has 21 heavy (non-hydrogen) atoms. The van der Waals surface area contributed by atoms with Crippen LogP contribution in [0.25, 0.3) is 10.1 Å². The number of carbonyl (C=O) groups excluding carboxylic acids is 1. The quantitative estimate of drug-likeness (QED) is 0.617. The van der Waals surface area contributed by atoms with E-state index in [0.29, 0.717) is 11.3 Å². The Morgan fingerprint density at radius 3 is 2.48 bits per heavy atom. The summed E-state index contributed by atoms with van der Waals surface area (Å²) in [6.07, 6.45) is 1.38. The lowest BCUT2D eigenvalue weighted by Crippen LogP contribution is -2.01. The molecule has 0 spiro atoms. The molecule has 0 N–H and O–H groups in total. The van der Waals surface area contributed by atoms with E-state index in [9.17, 15) is 9.18 Å². The summed E-state index contributed by atoms with van der Waals surface area (Å²) in [5.41, 5.74) is 2.28. The van der Waals surface area contributed by atoms with Crippen molar-refractivity contribution in [2.75, 3.05) is 0 Å². The Bertz CT molecular complexity index is 787. The number of fused-ring (bicyclic) bond motifs is 1. The van der Waals surface area contributed by atoms with Gasteiger partial charge in [-0.15, -0.1) is 11.3 Å². The van der Waals surface area contributed by atoms with Crippen molar-refractivity contribution in [3.8, 4) is 0 Å². The molecule has 2 aromatic carbocycles. The van der Waals surface area contributed by atoms with Crippen LogP contribution in [0.2, 0.25) is 0 Å². The van der Waals surface area contributed by atoms with Gasteiger partial charge in [-0.3, -0.25) is 4.79 Å². The molecule has 3 rings (SSSR count). The summed E-state index contributed by atoms with van der Waals surface area (Å²) in [6, 6.07) is 14.5. The van der Waals surface area contributed by atoms with Crippen molar-refractivity contribution in [2.24, 2.45) is 0 Å². The van der Waals surface area contributed by atoms with Crippen LogP contribution < -0.4 is 0 Å². The lowest BCUT2D eigenvalue weighted by atomic mass is 10.0. The van der Waals surface area contributed by atoms with Crippen LogP contribution in [-0.2, 0) is 12.8 Å². The molecule has 0 fully saturated rings. The number of hydrogen-bond acceptors (Lipinski definition) is 2. The van der Waals surface area contributed by atoms with Crippen molar-refractivity contribution in [2.45, 2.75) is 19.8 Å². The summed E-state index contributed by atoms with van der Waals surface area (Å²) in [6.45, 7) is 2.11. The molecule has 1 heterocycles. The Morgan fingerprint density at radius 2 is 1.76 bits per heavy atom. The van der Waals surface area contributed by atoms with Crippen molar-refractivity contribution in [1.29, 1.82) is 0 Å². The highest BCUT2D eigenvalue weighted by Crippen LogP contribution is 2.27. The van der Waals surface area contributed by atoms with Crippen molar-refractivity contribution in [3.63, 3.8) is 0 Å². The van der Waals surface area contributed by atoms with Gasteiger partial charge in [0.15, 0.2) is 5.78 Å². The van der Waals surface area contributed by atoms with Gasteiger partial charge in [-0.2, -0.15) is 0 Å². The average molecular weight is 298 g/mol. The SMILES string of the molecule is CCc1ccc(CC(=O)c2cc3cc(F)ccc3s2)cc1. The van der Waals surface area contributed by atoms with Crippen molar-refractivity contribution < 1.29 is 9.18 Å². The minimum absolute atomic E-state index is 0.0841. The van der Waals surface area contributed by atoms with Gasteiger partial charge >= 0.3 is 0 Å². The van der Waals surface area contributed by atoms with Crippen LogP contribution in [-0.4, -0.2) is 5.78 Å². The molecule has 0 aliphatic carbocycles. The number of carbonyl (C=O) groups is 1. The number of ketones is 1. The maximum atomic E-state index is 13.2. The smallest absolute Gasteiger partial charge is 0.177 e. The first-order valence-corrected chi connectivity index (χ1v) is 7.77. The van der Waals surface area contributed by atoms with E-state index in [-0.39, 0.29) is 11.6 Å². The molecule has 0 amide bonds. The molecule has 0 atom stereocenters. The highest BCUT2D eigenvalue weighted by atomic mass is 32.1. The third-order valence-corrected chi connectivity index (χ3v) is 4.71. The topological polar surface area (TPSA) is 17.1 Å². The minimum Gasteiger partial charge on any atom is -0.293 e. The maximum absolute atomic E-state index is 13.2. The first kappa shape index (κ1) is 14.0. The average Bonchev–Trinajstić information content (AvgIpc) is 2.91. The van der Waals surface area contributed by atoms with E-state index in [1.807, 2.05) is 12.1 Å². The van der Waals surface area contributed by atoms with Crippen molar-refractivity contribution in [1.82, 2.24) is 0 Å². The Labute approximate surface area is 127 Å². The van der Waals surface area contributed by atoms with Crippen LogP contribution in [0.1, 0.15) is 27.7 Å². The molecule has 0 saturated heterocycles. The Kier molecular flexibility index (Phi) is 3.84. The van der Waals surface area contributed by atoms with Gasteiger partial charge in [0, 0.05) is 11.1 Å². The number of aryl methyl sites for hydroxylation is 1. The van der Waals surface area contributed by atoms with Gasteiger partial charge in [0.05, 0.1) is 4.88 Å². The first-order valence-electron chi connectivity index (χ1n) is 6.96. The molecule has 0 aliphatic heterocycles. The second-order valence-electron chi connectivity index (χ2n) is 5.06. The lowest BCUT2D eigenvalue weighted by molar-refractivity contribution is 0.0997. The van der Waals surface area contributed by atoms with E-state index in [2.05, 4.69) is 19.1 Å². The van der Waals surface area contributed by atoms with Crippen LogP contribution >= 0.6 is 11.3 Å². The number of Topliss-reactive ketones (excluding diaryl/α,β-unsaturated/α-hetero) is 1. The summed E-state index contributed by atoms with van der Waals surface area (Å²) in [5.74, 6) is -0.185. The minimum atomic E-state index is -0.269. The summed E-state index contributed by atoms with van der Waals surface area (Å²) >= 11 is 1.42. The fourth-order valence-electron chi connectivity index (χ4n) is 2.32. The number of thiophene rings is 1. The third kappa shape index (κ3) is 3.03. The summed E-state index contributed by atoms with van der Waals surface area (Å²) < 4.78 is 14.1. The summed E-state index contributed by atoms with van der Waals surface area (Å²) in [4.78, 5) is 13.0. The van der Waals surface area contributed by atoms with E-state index in [1.54, 1.807) is 12.1 Å². The molecule has 106 valence electrons. The summed E-state index contributed by atoms with van der Waals surface area (Å²) in [5, 5.41) is 0.796. The molecule has 3 aromatic rings. The number of hydrogen-bond donors (Lipinski definition) is 0. The van der Waals surface area contributed by atoms with Gasteiger partial charge in [0.2, 0.25) is 0 Å². The zero-order chi connectivity index (χ0) is 14.8. The fourth-order valence-corrected chi connectivity index (χ4v) is 3.30. The molecule has 0 unspecified atom stereocenters. The van der Waals surface area contributed by atoms with Crippen molar-refractivity contribution in [3.05, 3.63) is 70.4 Å². The largest absolute Gasteiger partial charge is 0.293 e. The number of rotatable bonds is 4.